The zero-order valence-corrected chi connectivity index (χ0v) is 12.7. The lowest BCUT2D eigenvalue weighted by Gasteiger charge is -2.06. The average molecular weight is 331 g/mol. The summed E-state index contributed by atoms with van der Waals surface area (Å²) in [4.78, 5) is 12.0. The van der Waals surface area contributed by atoms with E-state index in [2.05, 4.69) is 5.10 Å². The molecule has 0 aliphatic heterocycles. The number of nitrogens with zero attached hydrogens (tertiary/aromatic N) is 2. The van der Waals surface area contributed by atoms with E-state index >= 15 is 0 Å². The Bertz CT molecular complexity index is 813. The molecule has 3 rings (SSSR count). The lowest BCUT2D eigenvalue weighted by molar-refractivity contribution is 0.0469. The van der Waals surface area contributed by atoms with Gasteiger partial charge in [0.05, 0.1) is 22.5 Å². The molecule has 0 unspecified atom stereocenters. The highest BCUT2D eigenvalue weighted by Crippen LogP contribution is 2.20. The number of benzene rings is 2. The van der Waals surface area contributed by atoms with Crippen LogP contribution in [0.2, 0.25) is 5.02 Å². The molecule has 0 aliphatic carbocycles. The van der Waals surface area contributed by atoms with Gasteiger partial charge in [-0.15, -0.1) is 0 Å². The second-order valence-corrected chi connectivity index (χ2v) is 5.19. The van der Waals surface area contributed by atoms with Gasteiger partial charge in [0, 0.05) is 11.8 Å². The van der Waals surface area contributed by atoms with E-state index in [9.17, 15) is 9.18 Å². The lowest BCUT2D eigenvalue weighted by atomic mass is 10.2. The van der Waals surface area contributed by atoms with E-state index in [1.54, 1.807) is 16.9 Å². The van der Waals surface area contributed by atoms with Gasteiger partial charge in [-0.05, 0) is 24.3 Å². The number of aromatic nitrogens is 2. The standard InChI is InChI=1S/C17H12ClFN2O2/c18-15-7-4-8-16(19)14(15)11-23-17(22)12-9-20-21(10-12)13-5-2-1-3-6-13/h1-10H,11H2. The second kappa shape index (κ2) is 6.62. The molecular weight excluding hydrogens is 319 g/mol. The van der Waals surface area contributed by atoms with Crippen molar-refractivity contribution in [2.75, 3.05) is 0 Å². The molecule has 0 amide bonds. The smallest absolute Gasteiger partial charge is 0.341 e. The fourth-order valence-corrected chi connectivity index (χ4v) is 2.26. The minimum Gasteiger partial charge on any atom is -0.457 e. The monoisotopic (exact) mass is 330 g/mol. The van der Waals surface area contributed by atoms with Crippen LogP contribution in [0, 0.1) is 5.82 Å². The molecule has 0 saturated carbocycles. The quantitative estimate of drug-likeness (QED) is 0.679. The summed E-state index contributed by atoms with van der Waals surface area (Å²) in [5, 5.41) is 4.33. The first kappa shape index (κ1) is 15.2. The molecule has 116 valence electrons. The fraction of sp³-hybridized carbons (Fsp3) is 0.0588. The maximum Gasteiger partial charge on any atom is 0.341 e. The predicted molar refractivity (Wildman–Crippen MR) is 84.1 cm³/mol. The Balaban J connectivity index is 1.71. The van der Waals surface area contributed by atoms with Crippen molar-refractivity contribution in [2.45, 2.75) is 6.61 Å². The van der Waals surface area contributed by atoms with Crippen molar-refractivity contribution in [2.24, 2.45) is 0 Å². The van der Waals surface area contributed by atoms with Crippen LogP contribution in [-0.2, 0) is 11.3 Å². The summed E-state index contributed by atoms with van der Waals surface area (Å²) >= 11 is 5.90. The Kier molecular flexibility index (Phi) is 4.39. The number of halogens is 2. The Hall–Kier alpha value is -2.66. The van der Waals surface area contributed by atoms with Crippen molar-refractivity contribution < 1.29 is 13.9 Å². The SMILES string of the molecule is O=C(OCc1c(F)cccc1Cl)c1cnn(-c2ccccc2)c1. The summed E-state index contributed by atoms with van der Waals surface area (Å²) in [6.07, 6.45) is 2.96. The third-order valence-electron chi connectivity index (χ3n) is 3.25. The van der Waals surface area contributed by atoms with Crippen LogP contribution in [0.4, 0.5) is 4.39 Å². The molecule has 0 N–H and O–H groups in total. The minimum atomic E-state index is -0.591. The summed E-state index contributed by atoms with van der Waals surface area (Å²) in [5.41, 5.74) is 1.25. The van der Waals surface area contributed by atoms with Gasteiger partial charge in [-0.2, -0.15) is 5.10 Å². The molecule has 0 radical (unpaired) electrons. The van der Waals surface area contributed by atoms with Crippen LogP contribution in [-0.4, -0.2) is 15.7 Å². The first-order valence-electron chi connectivity index (χ1n) is 6.85. The number of ether oxygens (including phenoxy) is 1. The number of hydrogen-bond acceptors (Lipinski definition) is 3. The van der Waals surface area contributed by atoms with E-state index in [0.717, 1.165) is 5.69 Å². The van der Waals surface area contributed by atoms with E-state index in [-0.39, 0.29) is 22.8 Å². The molecule has 6 heteroatoms. The van der Waals surface area contributed by atoms with Gasteiger partial charge < -0.3 is 4.74 Å². The Morgan fingerprint density at radius 1 is 1.17 bits per heavy atom. The third-order valence-corrected chi connectivity index (χ3v) is 3.60. The van der Waals surface area contributed by atoms with Gasteiger partial charge in [0.25, 0.3) is 0 Å². The van der Waals surface area contributed by atoms with Crippen molar-refractivity contribution >= 4 is 17.6 Å². The molecule has 4 nitrogen and oxygen atoms in total. The number of esters is 1. The van der Waals surface area contributed by atoms with Crippen LogP contribution in [0.15, 0.2) is 60.9 Å². The van der Waals surface area contributed by atoms with Crippen molar-refractivity contribution in [3.8, 4) is 5.69 Å². The van der Waals surface area contributed by atoms with Gasteiger partial charge in [-0.25, -0.2) is 13.9 Å². The van der Waals surface area contributed by atoms with E-state index < -0.39 is 11.8 Å². The van der Waals surface area contributed by atoms with E-state index in [1.807, 2.05) is 30.3 Å². The maximum atomic E-state index is 13.6. The summed E-state index contributed by atoms with van der Waals surface area (Å²) in [6, 6.07) is 13.7. The van der Waals surface area contributed by atoms with Gasteiger partial charge >= 0.3 is 5.97 Å². The first-order valence-corrected chi connectivity index (χ1v) is 7.23. The van der Waals surface area contributed by atoms with E-state index in [1.165, 1.54) is 18.3 Å². The Labute approximate surface area is 137 Å². The average Bonchev–Trinajstić information content (AvgIpc) is 3.05. The topological polar surface area (TPSA) is 44.1 Å². The predicted octanol–water partition coefficient (Wildman–Crippen LogP) is 4.02. The molecule has 3 aromatic rings. The highest BCUT2D eigenvalue weighted by atomic mass is 35.5. The summed E-state index contributed by atoms with van der Waals surface area (Å²) in [5.74, 6) is -1.10. The molecule has 0 fully saturated rings. The normalized spacial score (nSPS) is 10.5. The molecule has 0 spiro atoms. The van der Waals surface area contributed by atoms with E-state index in [4.69, 9.17) is 16.3 Å². The zero-order chi connectivity index (χ0) is 16.2. The van der Waals surface area contributed by atoms with Gasteiger partial charge in [0.2, 0.25) is 0 Å². The number of para-hydroxylation sites is 1. The van der Waals surface area contributed by atoms with Gasteiger partial charge in [0.15, 0.2) is 0 Å². The third kappa shape index (κ3) is 3.40. The molecule has 23 heavy (non-hydrogen) atoms. The van der Waals surface area contributed by atoms with Crippen LogP contribution in [0.25, 0.3) is 5.69 Å². The summed E-state index contributed by atoms with van der Waals surface area (Å²) in [7, 11) is 0. The van der Waals surface area contributed by atoms with E-state index in [0.29, 0.717) is 0 Å². The van der Waals surface area contributed by atoms with Gasteiger partial charge in [0.1, 0.15) is 12.4 Å². The van der Waals surface area contributed by atoms with Gasteiger partial charge in [-0.3, -0.25) is 0 Å². The van der Waals surface area contributed by atoms with Crippen LogP contribution in [0.1, 0.15) is 15.9 Å². The number of rotatable bonds is 4. The zero-order valence-electron chi connectivity index (χ0n) is 11.9. The highest BCUT2D eigenvalue weighted by molar-refractivity contribution is 6.31. The minimum absolute atomic E-state index is 0.151. The molecule has 2 aromatic carbocycles. The second-order valence-electron chi connectivity index (χ2n) is 4.79. The lowest BCUT2D eigenvalue weighted by Crippen LogP contribution is -2.06. The maximum absolute atomic E-state index is 13.6. The molecular formula is C17H12ClFN2O2. The molecule has 0 saturated heterocycles. The van der Waals surface area contributed by atoms with Crippen LogP contribution >= 0.6 is 11.6 Å². The van der Waals surface area contributed by atoms with Crippen molar-refractivity contribution in [3.05, 3.63) is 82.9 Å². The van der Waals surface area contributed by atoms with Crippen LogP contribution < -0.4 is 0 Å². The van der Waals surface area contributed by atoms with Crippen LogP contribution in [0.5, 0.6) is 0 Å². The molecule has 0 aliphatic rings. The van der Waals surface area contributed by atoms with Crippen molar-refractivity contribution in [3.63, 3.8) is 0 Å². The largest absolute Gasteiger partial charge is 0.457 e. The number of carbonyl (C=O) groups excluding carboxylic acids is 1. The molecule has 1 aromatic heterocycles. The number of carbonyl (C=O) groups is 1. The molecule has 1 heterocycles. The fourth-order valence-electron chi connectivity index (χ4n) is 2.04. The van der Waals surface area contributed by atoms with Crippen LogP contribution in [0.3, 0.4) is 0 Å². The number of hydrogen-bond donors (Lipinski definition) is 0. The summed E-state index contributed by atoms with van der Waals surface area (Å²) in [6.45, 7) is -0.235. The molecule has 0 bridgehead atoms. The van der Waals surface area contributed by atoms with Crippen molar-refractivity contribution in [1.29, 1.82) is 0 Å². The van der Waals surface area contributed by atoms with Crippen molar-refractivity contribution in [1.82, 2.24) is 9.78 Å². The first-order chi connectivity index (χ1) is 11.1. The molecule has 0 atom stereocenters. The highest BCUT2D eigenvalue weighted by Gasteiger charge is 2.14. The summed E-state index contributed by atoms with van der Waals surface area (Å²) < 4.78 is 20.3. The Morgan fingerprint density at radius 2 is 1.96 bits per heavy atom. The van der Waals surface area contributed by atoms with Gasteiger partial charge in [-0.1, -0.05) is 35.9 Å². The Morgan fingerprint density at radius 3 is 2.70 bits per heavy atom.